The predicted molar refractivity (Wildman–Crippen MR) is 110 cm³/mol. The second kappa shape index (κ2) is 8.80. The van der Waals surface area contributed by atoms with Gasteiger partial charge in [-0.3, -0.25) is 14.9 Å². The molecule has 2 aromatic carbocycles. The van der Waals surface area contributed by atoms with Gasteiger partial charge in [-0.15, -0.1) is 6.42 Å². The van der Waals surface area contributed by atoms with E-state index in [1.54, 1.807) is 12.1 Å². The fraction of sp³-hybridized carbons (Fsp3) is 0.0952. The number of carbonyl (C=O) groups is 3. The monoisotopic (exact) mass is 472 g/mol. The lowest BCUT2D eigenvalue weighted by atomic mass is 10.1. The van der Waals surface area contributed by atoms with E-state index in [-0.39, 0.29) is 17.9 Å². The molecular formula is C21H14BrFN2O5. The van der Waals surface area contributed by atoms with E-state index in [2.05, 4.69) is 27.2 Å². The SMILES string of the molecule is C#CCOc1c(Br)cc(/C=C2\C(=O)NC(=O)N(c3ccc(F)cc3)C2=O)cc1OC. The Morgan fingerprint density at radius 2 is 1.93 bits per heavy atom. The molecule has 0 radical (unpaired) electrons. The van der Waals surface area contributed by atoms with Crippen molar-refractivity contribution in [3.8, 4) is 23.8 Å². The van der Waals surface area contributed by atoms with Crippen molar-refractivity contribution < 1.29 is 28.2 Å². The third-order valence-corrected chi connectivity index (χ3v) is 4.64. The molecule has 0 atom stereocenters. The number of benzene rings is 2. The summed E-state index contributed by atoms with van der Waals surface area (Å²) in [5.41, 5.74) is 0.262. The minimum atomic E-state index is -0.925. The molecule has 0 unspecified atom stereocenters. The van der Waals surface area contributed by atoms with Crippen LogP contribution in [-0.2, 0) is 9.59 Å². The predicted octanol–water partition coefficient (Wildman–Crippen LogP) is 3.28. The fourth-order valence-corrected chi connectivity index (χ4v) is 3.30. The number of hydrogen-bond acceptors (Lipinski definition) is 5. The number of barbiturate groups is 1. The normalized spacial score (nSPS) is 15.1. The molecule has 0 aromatic heterocycles. The van der Waals surface area contributed by atoms with E-state index >= 15 is 0 Å². The first kappa shape index (κ1) is 21.1. The maximum atomic E-state index is 13.2. The number of hydrogen-bond donors (Lipinski definition) is 1. The molecule has 30 heavy (non-hydrogen) atoms. The lowest BCUT2D eigenvalue weighted by molar-refractivity contribution is -0.122. The van der Waals surface area contributed by atoms with E-state index in [4.69, 9.17) is 15.9 Å². The first-order valence-electron chi connectivity index (χ1n) is 8.46. The smallest absolute Gasteiger partial charge is 0.335 e. The number of ether oxygens (including phenoxy) is 2. The standard InChI is InChI=1S/C21H14BrFN2O5/c1-3-8-30-18-16(22)10-12(11-17(18)29-2)9-15-19(26)24-21(28)25(20(15)27)14-6-4-13(23)5-7-14/h1,4-7,9-11H,8H2,2H3,(H,24,26,28)/b15-9+. The van der Waals surface area contributed by atoms with Crippen LogP contribution in [0.4, 0.5) is 14.9 Å². The Morgan fingerprint density at radius 3 is 2.57 bits per heavy atom. The van der Waals surface area contributed by atoms with Gasteiger partial charge in [-0.1, -0.05) is 5.92 Å². The molecule has 1 fully saturated rings. The highest BCUT2D eigenvalue weighted by Gasteiger charge is 2.36. The van der Waals surface area contributed by atoms with E-state index in [0.29, 0.717) is 21.5 Å². The third kappa shape index (κ3) is 4.18. The lowest BCUT2D eigenvalue weighted by Gasteiger charge is -2.26. The summed E-state index contributed by atoms with van der Waals surface area (Å²) in [6.07, 6.45) is 6.51. The summed E-state index contributed by atoms with van der Waals surface area (Å²) >= 11 is 3.34. The number of terminal acetylenes is 1. The van der Waals surface area contributed by atoms with Gasteiger partial charge in [0, 0.05) is 0 Å². The number of halogens is 2. The summed E-state index contributed by atoms with van der Waals surface area (Å²) in [5, 5.41) is 2.10. The largest absolute Gasteiger partial charge is 0.493 e. The van der Waals surface area contributed by atoms with Crippen LogP contribution in [0.15, 0.2) is 46.4 Å². The van der Waals surface area contributed by atoms with Crippen LogP contribution in [0.3, 0.4) is 0 Å². The molecule has 3 rings (SSSR count). The number of amides is 4. The summed E-state index contributed by atoms with van der Waals surface area (Å²) in [6.45, 7) is 0.0189. The molecule has 1 saturated heterocycles. The van der Waals surface area contributed by atoms with Gasteiger partial charge in [-0.2, -0.15) is 0 Å². The van der Waals surface area contributed by atoms with Crippen LogP contribution in [0.5, 0.6) is 11.5 Å². The van der Waals surface area contributed by atoms with Crippen molar-refractivity contribution in [1.29, 1.82) is 0 Å². The summed E-state index contributed by atoms with van der Waals surface area (Å²) in [6, 6.07) is 6.95. The summed E-state index contributed by atoms with van der Waals surface area (Å²) in [5.74, 6) is 0.795. The number of urea groups is 1. The number of rotatable bonds is 5. The van der Waals surface area contributed by atoms with Gasteiger partial charge in [0.25, 0.3) is 11.8 Å². The number of anilines is 1. The van der Waals surface area contributed by atoms with Crippen molar-refractivity contribution in [3.05, 3.63) is 57.8 Å². The van der Waals surface area contributed by atoms with Crippen LogP contribution >= 0.6 is 15.9 Å². The number of nitrogens with zero attached hydrogens (tertiary/aromatic N) is 1. The van der Waals surface area contributed by atoms with Crippen molar-refractivity contribution >= 4 is 45.5 Å². The third-order valence-electron chi connectivity index (χ3n) is 4.05. The number of imide groups is 2. The summed E-state index contributed by atoms with van der Waals surface area (Å²) in [4.78, 5) is 38.1. The highest BCUT2D eigenvalue weighted by Crippen LogP contribution is 2.37. The van der Waals surface area contributed by atoms with Gasteiger partial charge in [0.1, 0.15) is 18.0 Å². The first-order valence-corrected chi connectivity index (χ1v) is 9.25. The molecule has 1 N–H and O–H groups in total. The molecule has 1 aliphatic rings. The van der Waals surface area contributed by atoms with Gasteiger partial charge in [0.2, 0.25) is 0 Å². The Hall–Kier alpha value is -3.64. The molecule has 0 spiro atoms. The van der Waals surface area contributed by atoms with E-state index in [0.717, 1.165) is 17.0 Å². The molecule has 2 aromatic rings. The van der Waals surface area contributed by atoms with Crippen LogP contribution in [0.2, 0.25) is 0 Å². The van der Waals surface area contributed by atoms with Crippen LogP contribution in [0.25, 0.3) is 6.08 Å². The van der Waals surface area contributed by atoms with Gasteiger partial charge < -0.3 is 9.47 Å². The van der Waals surface area contributed by atoms with Gasteiger partial charge >= 0.3 is 6.03 Å². The molecule has 152 valence electrons. The summed E-state index contributed by atoms with van der Waals surface area (Å²) in [7, 11) is 1.43. The van der Waals surface area contributed by atoms with Crippen LogP contribution in [0, 0.1) is 18.2 Å². The van der Waals surface area contributed by atoms with Crippen LogP contribution < -0.4 is 19.7 Å². The van der Waals surface area contributed by atoms with Crippen LogP contribution in [-0.4, -0.2) is 31.6 Å². The van der Waals surface area contributed by atoms with E-state index in [1.807, 2.05) is 0 Å². The van der Waals surface area contributed by atoms with Crippen molar-refractivity contribution in [2.45, 2.75) is 0 Å². The Morgan fingerprint density at radius 1 is 1.23 bits per heavy atom. The minimum absolute atomic E-state index is 0.0189. The Bertz CT molecular complexity index is 1110. The van der Waals surface area contributed by atoms with E-state index in [1.165, 1.54) is 25.3 Å². The molecule has 1 aliphatic heterocycles. The van der Waals surface area contributed by atoms with Gasteiger partial charge in [0.15, 0.2) is 11.5 Å². The van der Waals surface area contributed by atoms with Crippen molar-refractivity contribution in [2.75, 3.05) is 18.6 Å². The molecule has 9 heteroatoms. The Kier molecular flexibility index (Phi) is 6.18. The number of methoxy groups -OCH3 is 1. The van der Waals surface area contributed by atoms with Gasteiger partial charge in [-0.25, -0.2) is 14.1 Å². The fourth-order valence-electron chi connectivity index (χ4n) is 2.73. The Balaban J connectivity index is 2.01. The van der Waals surface area contributed by atoms with Crippen molar-refractivity contribution in [2.24, 2.45) is 0 Å². The van der Waals surface area contributed by atoms with Gasteiger partial charge in [-0.05, 0) is 64.0 Å². The maximum Gasteiger partial charge on any atom is 0.335 e. The first-order chi connectivity index (χ1) is 14.3. The number of nitrogens with one attached hydrogen (secondary N) is 1. The Labute approximate surface area is 179 Å². The highest BCUT2D eigenvalue weighted by atomic mass is 79.9. The van der Waals surface area contributed by atoms with Gasteiger partial charge in [0.05, 0.1) is 17.3 Å². The lowest BCUT2D eigenvalue weighted by Crippen LogP contribution is -2.54. The molecule has 0 saturated carbocycles. The van der Waals surface area contributed by atoms with Crippen molar-refractivity contribution in [3.63, 3.8) is 0 Å². The van der Waals surface area contributed by atoms with E-state index in [9.17, 15) is 18.8 Å². The highest BCUT2D eigenvalue weighted by molar-refractivity contribution is 9.10. The average Bonchev–Trinajstić information content (AvgIpc) is 2.71. The van der Waals surface area contributed by atoms with E-state index < -0.39 is 23.7 Å². The molecule has 7 nitrogen and oxygen atoms in total. The minimum Gasteiger partial charge on any atom is -0.493 e. The maximum absolute atomic E-state index is 13.2. The molecule has 1 heterocycles. The molecule has 0 aliphatic carbocycles. The number of carbonyl (C=O) groups excluding carboxylic acids is 3. The van der Waals surface area contributed by atoms with Crippen LogP contribution in [0.1, 0.15) is 5.56 Å². The molecular weight excluding hydrogens is 459 g/mol. The van der Waals surface area contributed by atoms with Crippen molar-refractivity contribution in [1.82, 2.24) is 5.32 Å². The zero-order valence-electron chi connectivity index (χ0n) is 15.6. The summed E-state index contributed by atoms with van der Waals surface area (Å²) < 4.78 is 24.4. The zero-order valence-corrected chi connectivity index (χ0v) is 17.2. The topological polar surface area (TPSA) is 84.9 Å². The molecule has 0 bridgehead atoms. The average molecular weight is 473 g/mol. The molecule has 4 amide bonds. The zero-order chi connectivity index (χ0) is 21.8. The second-order valence-corrected chi connectivity index (χ2v) is 6.82. The quantitative estimate of drug-likeness (QED) is 0.410. The second-order valence-electron chi connectivity index (χ2n) is 5.96.